The van der Waals surface area contributed by atoms with Crippen LogP contribution >= 0.6 is 12.4 Å². The van der Waals surface area contributed by atoms with Crippen molar-refractivity contribution in [3.8, 4) is 0 Å². The van der Waals surface area contributed by atoms with E-state index in [1.165, 1.54) is 19.3 Å². The molecule has 0 aromatic rings. The van der Waals surface area contributed by atoms with Crippen LogP contribution in [0.15, 0.2) is 0 Å². The number of hydrogen-bond acceptors (Lipinski definition) is 3. The van der Waals surface area contributed by atoms with Gasteiger partial charge < -0.3 is 5.32 Å². The van der Waals surface area contributed by atoms with Crippen LogP contribution in [0.1, 0.15) is 45.4 Å². The van der Waals surface area contributed by atoms with E-state index in [1.807, 2.05) is 0 Å². The van der Waals surface area contributed by atoms with Crippen molar-refractivity contribution in [2.75, 3.05) is 18.8 Å². The van der Waals surface area contributed by atoms with Crippen molar-refractivity contribution in [2.45, 2.75) is 51.5 Å². The monoisotopic (exact) mass is 310 g/mol. The number of hydrogen-bond donors (Lipinski definition) is 2. The number of sulfonamides is 1. The molecule has 4 nitrogen and oxygen atoms in total. The summed E-state index contributed by atoms with van der Waals surface area (Å²) in [5, 5.41) is 3.26. The fraction of sp³-hybridized carbons (Fsp3) is 1.00. The summed E-state index contributed by atoms with van der Waals surface area (Å²) in [5.74, 6) is 1.14. The van der Waals surface area contributed by atoms with Crippen molar-refractivity contribution in [1.82, 2.24) is 10.0 Å². The molecule has 1 saturated carbocycles. The zero-order chi connectivity index (χ0) is 13.0. The van der Waals surface area contributed by atoms with Crippen molar-refractivity contribution in [3.63, 3.8) is 0 Å². The molecule has 114 valence electrons. The van der Waals surface area contributed by atoms with Crippen molar-refractivity contribution in [1.29, 1.82) is 0 Å². The zero-order valence-corrected chi connectivity index (χ0v) is 13.4. The first-order valence-electron chi connectivity index (χ1n) is 7.27. The Kier molecular flexibility index (Phi) is 7.08. The molecule has 1 heterocycles. The lowest BCUT2D eigenvalue weighted by Gasteiger charge is -2.31. The van der Waals surface area contributed by atoms with Gasteiger partial charge in [0, 0.05) is 12.6 Å². The molecule has 2 rings (SSSR count). The largest absolute Gasteiger partial charge is 0.315 e. The molecule has 2 fully saturated rings. The number of nitrogens with one attached hydrogen (secondary N) is 2. The Morgan fingerprint density at radius 3 is 2.47 bits per heavy atom. The number of halogens is 1. The summed E-state index contributed by atoms with van der Waals surface area (Å²) >= 11 is 0. The Balaban J connectivity index is 0.00000180. The first-order valence-corrected chi connectivity index (χ1v) is 8.93. The predicted molar refractivity (Wildman–Crippen MR) is 81.2 cm³/mol. The highest BCUT2D eigenvalue weighted by Gasteiger charge is 2.27. The Morgan fingerprint density at radius 2 is 1.84 bits per heavy atom. The third-order valence-corrected chi connectivity index (χ3v) is 5.91. The summed E-state index contributed by atoms with van der Waals surface area (Å²) in [5.41, 5.74) is 0. The Labute approximate surface area is 123 Å². The molecule has 2 N–H and O–H groups in total. The molecule has 2 unspecified atom stereocenters. The predicted octanol–water partition coefficient (Wildman–Crippen LogP) is 1.91. The summed E-state index contributed by atoms with van der Waals surface area (Å²) in [6.45, 7) is 3.90. The van der Waals surface area contributed by atoms with E-state index in [1.54, 1.807) is 0 Å². The smallest absolute Gasteiger partial charge is 0.212 e. The first kappa shape index (κ1) is 17.2. The maximum atomic E-state index is 12.2. The van der Waals surface area contributed by atoms with Crippen LogP contribution in [-0.4, -0.2) is 33.3 Å². The molecule has 0 aromatic heterocycles. The molecule has 0 aromatic carbocycles. The maximum absolute atomic E-state index is 12.2. The minimum Gasteiger partial charge on any atom is -0.315 e. The number of rotatable bonds is 4. The molecular weight excluding hydrogens is 284 g/mol. The summed E-state index contributed by atoms with van der Waals surface area (Å²) in [4.78, 5) is 0. The van der Waals surface area contributed by atoms with Crippen molar-refractivity contribution >= 4 is 22.4 Å². The van der Waals surface area contributed by atoms with E-state index in [0.29, 0.717) is 17.6 Å². The molecule has 6 heteroatoms. The molecule has 0 amide bonds. The second-order valence-electron chi connectivity index (χ2n) is 5.98. The first-order chi connectivity index (χ1) is 8.57. The van der Waals surface area contributed by atoms with Crippen LogP contribution in [0.2, 0.25) is 0 Å². The van der Waals surface area contributed by atoms with Crippen LogP contribution in [-0.2, 0) is 10.0 Å². The fourth-order valence-electron chi connectivity index (χ4n) is 3.09. The van der Waals surface area contributed by atoms with E-state index in [0.717, 1.165) is 32.4 Å². The third-order valence-electron chi connectivity index (χ3n) is 4.34. The Hall–Kier alpha value is 0.160. The number of piperidine rings is 1. The topological polar surface area (TPSA) is 58.2 Å². The highest BCUT2D eigenvalue weighted by atomic mass is 35.5. The van der Waals surface area contributed by atoms with Gasteiger partial charge in [0.15, 0.2) is 0 Å². The third kappa shape index (κ3) is 5.58. The molecule has 0 radical (unpaired) electrons. The van der Waals surface area contributed by atoms with Crippen LogP contribution in [0.25, 0.3) is 0 Å². The van der Waals surface area contributed by atoms with Gasteiger partial charge in [0.2, 0.25) is 10.0 Å². The average molecular weight is 311 g/mol. The van der Waals surface area contributed by atoms with Crippen molar-refractivity contribution in [2.24, 2.45) is 11.8 Å². The van der Waals surface area contributed by atoms with E-state index >= 15 is 0 Å². The lowest BCUT2D eigenvalue weighted by molar-refractivity contribution is 0.324. The van der Waals surface area contributed by atoms with Gasteiger partial charge in [-0.25, -0.2) is 13.1 Å². The molecule has 0 spiro atoms. The van der Waals surface area contributed by atoms with E-state index in [4.69, 9.17) is 0 Å². The van der Waals surface area contributed by atoms with Crippen LogP contribution in [0, 0.1) is 11.8 Å². The molecular formula is C13H27ClN2O2S. The summed E-state index contributed by atoms with van der Waals surface area (Å²) in [7, 11) is -3.10. The average Bonchev–Trinajstić information content (AvgIpc) is 2.32. The van der Waals surface area contributed by atoms with Crippen LogP contribution in [0.5, 0.6) is 0 Å². The normalized spacial score (nSPS) is 29.7. The molecule has 0 bridgehead atoms. The lowest BCUT2D eigenvalue weighted by Crippen LogP contribution is -2.51. The molecule has 1 saturated heterocycles. The summed E-state index contributed by atoms with van der Waals surface area (Å²) in [6.07, 6.45) is 6.88. The van der Waals surface area contributed by atoms with E-state index in [2.05, 4.69) is 17.0 Å². The minimum atomic E-state index is -3.10. The molecule has 1 aliphatic carbocycles. The SMILES string of the molecule is CC1CCNCC1NS(=O)(=O)CC1CCCCC1.Cl. The highest BCUT2D eigenvalue weighted by molar-refractivity contribution is 7.89. The fourth-order valence-corrected chi connectivity index (χ4v) is 4.92. The van der Waals surface area contributed by atoms with E-state index < -0.39 is 10.0 Å². The summed E-state index contributed by atoms with van der Waals surface area (Å²) in [6, 6.07) is 0.0762. The van der Waals surface area contributed by atoms with Crippen molar-refractivity contribution < 1.29 is 8.42 Å². The Bertz CT molecular complexity index is 356. The Morgan fingerprint density at radius 1 is 1.16 bits per heavy atom. The lowest BCUT2D eigenvalue weighted by atomic mass is 9.91. The molecule has 19 heavy (non-hydrogen) atoms. The van der Waals surface area contributed by atoms with E-state index in [-0.39, 0.29) is 18.4 Å². The second-order valence-corrected chi connectivity index (χ2v) is 7.78. The molecule has 2 aliphatic rings. The van der Waals surface area contributed by atoms with Gasteiger partial charge in [-0.1, -0.05) is 26.2 Å². The van der Waals surface area contributed by atoms with Gasteiger partial charge in [-0.15, -0.1) is 12.4 Å². The van der Waals surface area contributed by atoms with Gasteiger partial charge >= 0.3 is 0 Å². The van der Waals surface area contributed by atoms with Crippen LogP contribution in [0.3, 0.4) is 0 Å². The highest BCUT2D eigenvalue weighted by Crippen LogP contribution is 2.25. The zero-order valence-electron chi connectivity index (χ0n) is 11.7. The van der Waals surface area contributed by atoms with E-state index in [9.17, 15) is 8.42 Å². The molecule has 1 aliphatic heterocycles. The maximum Gasteiger partial charge on any atom is 0.212 e. The second kappa shape index (κ2) is 7.81. The molecule has 2 atom stereocenters. The summed E-state index contributed by atoms with van der Waals surface area (Å²) < 4.78 is 27.2. The van der Waals surface area contributed by atoms with Crippen LogP contribution < -0.4 is 10.0 Å². The van der Waals surface area contributed by atoms with Gasteiger partial charge in [0.05, 0.1) is 5.75 Å². The minimum absolute atomic E-state index is 0. The van der Waals surface area contributed by atoms with Gasteiger partial charge in [-0.05, 0) is 37.6 Å². The van der Waals surface area contributed by atoms with Gasteiger partial charge in [0.1, 0.15) is 0 Å². The van der Waals surface area contributed by atoms with Crippen LogP contribution in [0.4, 0.5) is 0 Å². The quantitative estimate of drug-likeness (QED) is 0.834. The standard InChI is InChI=1S/C13H26N2O2S.ClH/c1-11-7-8-14-9-13(11)15-18(16,17)10-12-5-3-2-4-6-12;/h11-15H,2-10H2,1H3;1H. The van der Waals surface area contributed by atoms with Gasteiger partial charge in [0.25, 0.3) is 0 Å². The van der Waals surface area contributed by atoms with Gasteiger partial charge in [-0.2, -0.15) is 0 Å². The van der Waals surface area contributed by atoms with Crippen molar-refractivity contribution in [3.05, 3.63) is 0 Å². The van der Waals surface area contributed by atoms with Gasteiger partial charge in [-0.3, -0.25) is 0 Å².